The van der Waals surface area contributed by atoms with Crippen molar-refractivity contribution in [1.29, 1.82) is 0 Å². The summed E-state index contributed by atoms with van der Waals surface area (Å²) in [5, 5.41) is 7.75. The second kappa shape index (κ2) is 9.88. The number of halogens is 3. The lowest BCUT2D eigenvalue weighted by Gasteiger charge is -2.17. The number of aliphatic imine (C=N–C) groups is 1. The van der Waals surface area contributed by atoms with E-state index >= 15 is 0 Å². The monoisotopic (exact) mass is 443 g/mol. The van der Waals surface area contributed by atoms with E-state index in [2.05, 4.69) is 27.0 Å². The van der Waals surface area contributed by atoms with Gasteiger partial charge in [-0.1, -0.05) is 0 Å². The number of nitrogens with one attached hydrogen (secondary N) is 2. The predicted octanol–water partition coefficient (Wildman–Crippen LogP) is 4.64. The van der Waals surface area contributed by atoms with Gasteiger partial charge in [0, 0.05) is 6.20 Å². The molecular weight excluding hydrogens is 423 g/mol. The van der Waals surface area contributed by atoms with Crippen LogP contribution in [0, 0.1) is 13.8 Å². The lowest BCUT2D eigenvalue weighted by molar-refractivity contribution is -0.149. The second-order valence-corrected chi connectivity index (χ2v) is 8.03. The van der Waals surface area contributed by atoms with E-state index in [4.69, 9.17) is 0 Å². The summed E-state index contributed by atoms with van der Waals surface area (Å²) in [5.74, 6) is 0.131. The molecule has 0 radical (unpaired) electrons. The van der Waals surface area contributed by atoms with Crippen LogP contribution in [0.25, 0.3) is 5.70 Å². The van der Waals surface area contributed by atoms with E-state index in [0.717, 1.165) is 28.2 Å². The number of aryl methyl sites for hydroxylation is 2. The molecule has 1 amide bonds. The number of anilines is 1. The molecule has 2 aromatic rings. The summed E-state index contributed by atoms with van der Waals surface area (Å²) in [6.07, 6.45) is -3.27. The molecule has 1 atom stereocenters. The first-order valence-electron chi connectivity index (χ1n) is 8.42. The summed E-state index contributed by atoms with van der Waals surface area (Å²) in [4.78, 5) is 25.3. The Morgan fingerprint density at radius 3 is 2.66 bits per heavy atom. The lowest BCUT2D eigenvalue weighted by atomic mass is 10.2. The highest BCUT2D eigenvalue weighted by atomic mass is 32.2. The van der Waals surface area contributed by atoms with Gasteiger partial charge in [-0.3, -0.25) is 9.79 Å². The Balaban J connectivity index is 1.89. The average Bonchev–Trinajstić information content (AvgIpc) is 2.99. The minimum absolute atomic E-state index is 0.0494. The van der Waals surface area contributed by atoms with Crippen molar-refractivity contribution >= 4 is 47.2 Å². The van der Waals surface area contributed by atoms with Crippen LogP contribution in [0.3, 0.4) is 0 Å². The van der Waals surface area contributed by atoms with Crippen molar-refractivity contribution in [2.45, 2.75) is 33.0 Å². The topological polar surface area (TPSA) is 79.3 Å². The van der Waals surface area contributed by atoms with E-state index < -0.39 is 18.1 Å². The van der Waals surface area contributed by atoms with Crippen molar-refractivity contribution in [2.75, 3.05) is 11.2 Å². The molecule has 0 saturated heterocycles. The first-order valence-corrected chi connectivity index (χ1v) is 10.3. The van der Waals surface area contributed by atoms with Crippen LogP contribution < -0.4 is 10.6 Å². The Bertz CT molecular complexity index is 894. The number of alkyl halides is 3. The molecule has 2 aromatic heterocycles. The smallest absolute Gasteiger partial charge is 0.361 e. The van der Waals surface area contributed by atoms with Gasteiger partial charge in [0.1, 0.15) is 11.9 Å². The Kier molecular flexibility index (Phi) is 7.80. The van der Waals surface area contributed by atoms with E-state index in [1.54, 1.807) is 11.3 Å². The summed E-state index contributed by atoms with van der Waals surface area (Å²) < 4.78 is 37.5. The molecular formula is C18H20F3N5OS2. The molecule has 0 fully saturated rings. The minimum atomic E-state index is -4.50. The molecule has 2 heterocycles. The molecule has 0 aliphatic carbocycles. The Morgan fingerprint density at radius 1 is 1.41 bits per heavy atom. The van der Waals surface area contributed by atoms with Gasteiger partial charge in [-0.15, -0.1) is 23.1 Å². The third-order valence-electron chi connectivity index (χ3n) is 3.70. The third kappa shape index (κ3) is 6.57. The number of hydrogen-bond acceptors (Lipinski definition) is 7. The minimum Gasteiger partial charge on any atom is -0.361 e. The number of aromatic nitrogens is 2. The first-order chi connectivity index (χ1) is 13.6. The molecule has 0 aliphatic heterocycles. The fraction of sp³-hybridized carbons (Fsp3) is 0.333. The van der Waals surface area contributed by atoms with E-state index in [1.165, 1.54) is 30.1 Å². The molecule has 0 aliphatic rings. The highest BCUT2D eigenvalue weighted by molar-refractivity contribution is 8.02. The zero-order valence-electron chi connectivity index (χ0n) is 16.0. The summed E-state index contributed by atoms with van der Waals surface area (Å²) in [6.45, 7) is 8.32. The molecule has 0 saturated carbocycles. The quantitative estimate of drug-likeness (QED) is 0.353. The van der Waals surface area contributed by atoms with Crippen LogP contribution in [-0.2, 0) is 0 Å². The van der Waals surface area contributed by atoms with Crippen LogP contribution in [0.15, 0.2) is 28.7 Å². The highest BCUT2D eigenvalue weighted by Gasteiger charge is 2.37. The fourth-order valence-electron chi connectivity index (χ4n) is 2.16. The molecule has 156 valence electrons. The molecule has 11 heteroatoms. The van der Waals surface area contributed by atoms with Crippen molar-refractivity contribution in [2.24, 2.45) is 4.99 Å². The van der Waals surface area contributed by atoms with Gasteiger partial charge in [0.05, 0.1) is 32.7 Å². The number of amides is 1. The fourth-order valence-corrected chi connectivity index (χ4v) is 3.80. The van der Waals surface area contributed by atoms with Crippen LogP contribution in [0.5, 0.6) is 0 Å². The maximum Gasteiger partial charge on any atom is 0.408 e. The summed E-state index contributed by atoms with van der Waals surface area (Å²) in [7, 11) is 0. The van der Waals surface area contributed by atoms with Crippen LogP contribution in [-0.4, -0.2) is 40.7 Å². The molecule has 0 aromatic carbocycles. The number of rotatable bonds is 8. The van der Waals surface area contributed by atoms with Crippen molar-refractivity contribution in [3.8, 4) is 0 Å². The van der Waals surface area contributed by atoms with Crippen molar-refractivity contribution < 1.29 is 18.0 Å². The van der Waals surface area contributed by atoms with E-state index in [9.17, 15) is 18.0 Å². The Hall–Kier alpha value is -2.40. The van der Waals surface area contributed by atoms with Gasteiger partial charge >= 0.3 is 6.18 Å². The maximum absolute atomic E-state index is 12.5. The van der Waals surface area contributed by atoms with Crippen molar-refractivity contribution in [1.82, 2.24) is 15.3 Å². The van der Waals surface area contributed by atoms with Crippen LogP contribution in [0.2, 0.25) is 0 Å². The van der Waals surface area contributed by atoms with Gasteiger partial charge in [-0.2, -0.15) is 13.2 Å². The first kappa shape index (κ1) is 22.9. The van der Waals surface area contributed by atoms with Gasteiger partial charge in [0.25, 0.3) is 5.91 Å². The van der Waals surface area contributed by atoms with Gasteiger partial charge < -0.3 is 10.6 Å². The molecule has 29 heavy (non-hydrogen) atoms. The largest absolute Gasteiger partial charge is 0.408 e. The number of carbonyl (C=O) groups excluding carboxylic acids is 1. The van der Waals surface area contributed by atoms with Crippen molar-refractivity contribution in [3.05, 3.63) is 44.9 Å². The standard InChI is InChI=1S/C18H20F3N5OS2/c1-10-16(29-12(3)25-10)14(22-4)8-28-9-24-15-6-5-13(7-23-15)17(27)26-11(2)18(19,20)21/h5-8,11H,4,9H2,1-3H3,(H,23,24)(H,26,27)/b14-8-. The summed E-state index contributed by atoms with van der Waals surface area (Å²) >= 11 is 2.99. The number of nitrogens with zero attached hydrogens (tertiary/aromatic N) is 3. The molecule has 2 rings (SSSR count). The van der Waals surface area contributed by atoms with Crippen molar-refractivity contribution in [3.63, 3.8) is 0 Å². The molecule has 1 unspecified atom stereocenters. The average molecular weight is 444 g/mol. The molecule has 2 N–H and O–H groups in total. The van der Waals surface area contributed by atoms with E-state index in [1.807, 2.05) is 24.6 Å². The third-order valence-corrected chi connectivity index (χ3v) is 5.50. The highest BCUT2D eigenvalue weighted by Crippen LogP contribution is 2.28. The predicted molar refractivity (Wildman–Crippen MR) is 112 cm³/mol. The molecule has 0 bridgehead atoms. The Labute approximate surface area is 174 Å². The van der Waals surface area contributed by atoms with Gasteiger partial charge in [0.15, 0.2) is 0 Å². The zero-order valence-corrected chi connectivity index (χ0v) is 17.6. The second-order valence-electron chi connectivity index (χ2n) is 5.97. The van der Waals surface area contributed by atoms with Crippen LogP contribution in [0.4, 0.5) is 19.0 Å². The zero-order chi connectivity index (χ0) is 21.6. The lowest BCUT2D eigenvalue weighted by Crippen LogP contribution is -2.43. The maximum atomic E-state index is 12.5. The van der Waals surface area contributed by atoms with Gasteiger partial charge in [0.2, 0.25) is 0 Å². The number of hydrogen-bond donors (Lipinski definition) is 2. The van der Waals surface area contributed by atoms with E-state index in [-0.39, 0.29) is 5.56 Å². The molecule has 6 nitrogen and oxygen atoms in total. The number of carbonyl (C=O) groups is 1. The number of thioether (sulfide) groups is 1. The van der Waals surface area contributed by atoms with Gasteiger partial charge in [-0.25, -0.2) is 9.97 Å². The van der Waals surface area contributed by atoms with Gasteiger partial charge in [-0.05, 0) is 45.0 Å². The number of thiazole rings is 1. The van der Waals surface area contributed by atoms with E-state index in [0.29, 0.717) is 11.7 Å². The van der Waals surface area contributed by atoms with Crippen LogP contribution >= 0.6 is 23.1 Å². The molecule has 0 spiro atoms. The Morgan fingerprint density at radius 2 is 2.14 bits per heavy atom. The summed E-state index contributed by atoms with van der Waals surface area (Å²) in [5.41, 5.74) is 1.68. The summed E-state index contributed by atoms with van der Waals surface area (Å²) in [6, 6.07) is 1.00. The van der Waals surface area contributed by atoms with Crippen LogP contribution in [0.1, 0.15) is 32.9 Å². The normalized spacial score (nSPS) is 13.1. The number of pyridine rings is 1. The SMILES string of the molecule is C=N/C(=C\SCNc1ccc(C(=O)NC(C)C(F)(F)F)cn1)c1sc(C)nc1C.